The molecule has 0 radical (unpaired) electrons. The van der Waals surface area contributed by atoms with Crippen LogP contribution >= 0.6 is 0 Å². The second-order valence-electron chi connectivity index (χ2n) is 7.57. The van der Waals surface area contributed by atoms with Crippen molar-refractivity contribution in [1.29, 1.82) is 0 Å². The van der Waals surface area contributed by atoms with Crippen LogP contribution in [-0.4, -0.2) is 58.8 Å². The number of aryl methyl sites for hydroxylation is 1. The van der Waals surface area contributed by atoms with Gasteiger partial charge in [-0.05, 0) is 32.1 Å². The summed E-state index contributed by atoms with van der Waals surface area (Å²) >= 11 is 0. The molecule has 0 bridgehead atoms. The van der Waals surface area contributed by atoms with Crippen molar-refractivity contribution in [1.82, 2.24) is 18.8 Å². The number of hydrogen-bond donors (Lipinski definition) is 0. The highest BCUT2D eigenvalue weighted by atomic mass is 32.2. The molecule has 1 aromatic heterocycles. The standard InChI is InChI=1S/C16H24N4O3S/c1-18-9-14(17-12-18)24(22,23)19-8-2-6-16(10-19)7-5-15(21)20(11-16)13-3-4-13/h9,12-13H,2-8,10-11H2,1H3/t16-/m0/s1. The number of rotatable bonds is 3. The average molecular weight is 352 g/mol. The van der Waals surface area contributed by atoms with E-state index in [1.54, 1.807) is 22.1 Å². The summed E-state index contributed by atoms with van der Waals surface area (Å²) in [5.74, 6) is 0.243. The molecule has 3 heterocycles. The predicted octanol–water partition coefficient (Wildman–Crippen LogP) is 0.976. The first-order valence-electron chi connectivity index (χ1n) is 8.67. The van der Waals surface area contributed by atoms with Crippen LogP contribution in [0.4, 0.5) is 0 Å². The molecule has 8 heteroatoms. The third-order valence-electron chi connectivity index (χ3n) is 5.59. The highest BCUT2D eigenvalue weighted by molar-refractivity contribution is 7.89. The number of aromatic nitrogens is 2. The molecule has 0 N–H and O–H groups in total. The third-order valence-corrected chi connectivity index (χ3v) is 7.33. The Balaban J connectivity index is 1.56. The predicted molar refractivity (Wildman–Crippen MR) is 87.6 cm³/mol. The number of hydrogen-bond acceptors (Lipinski definition) is 4. The molecule has 4 rings (SSSR count). The molecular weight excluding hydrogens is 328 g/mol. The normalized spacial score (nSPS) is 29.4. The van der Waals surface area contributed by atoms with E-state index >= 15 is 0 Å². The highest BCUT2D eigenvalue weighted by Gasteiger charge is 2.47. The third kappa shape index (κ3) is 2.75. The molecule has 24 heavy (non-hydrogen) atoms. The van der Waals surface area contributed by atoms with E-state index < -0.39 is 10.0 Å². The van der Waals surface area contributed by atoms with Crippen LogP contribution in [-0.2, 0) is 21.9 Å². The van der Waals surface area contributed by atoms with Gasteiger partial charge in [-0.2, -0.15) is 4.31 Å². The second kappa shape index (κ2) is 5.56. The van der Waals surface area contributed by atoms with Gasteiger partial charge in [-0.25, -0.2) is 13.4 Å². The van der Waals surface area contributed by atoms with Gasteiger partial charge in [0.2, 0.25) is 5.91 Å². The fourth-order valence-corrected chi connectivity index (χ4v) is 5.68. The fraction of sp³-hybridized carbons (Fsp3) is 0.750. The minimum Gasteiger partial charge on any atom is -0.339 e. The van der Waals surface area contributed by atoms with Gasteiger partial charge >= 0.3 is 0 Å². The quantitative estimate of drug-likeness (QED) is 0.812. The first-order chi connectivity index (χ1) is 11.4. The molecule has 132 valence electrons. The lowest BCUT2D eigenvalue weighted by Gasteiger charge is -2.47. The molecule has 3 aliphatic rings. The van der Waals surface area contributed by atoms with Crippen LogP contribution in [0.15, 0.2) is 17.6 Å². The number of carbonyl (C=O) groups excluding carboxylic acids is 1. The Morgan fingerprint density at radius 1 is 1.25 bits per heavy atom. The van der Waals surface area contributed by atoms with Crippen molar-refractivity contribution in [2.45, 2.75) is 49.6 Å². The molecule has 1 amide bonds. The summed E-state index contributed by atoms with van der Waals surface area (Å²) in [7, 11) is -1.79. The van der Waals surface area contributed by atoms with Crippen LogP contribution in [0.1, 0.15) is 38.5 Å². The van der Waals surface area contributed by atoms with Crippen LogP contribution < -0.4 is 0 Å². The van der Waals surface area contributed by atoms with Gasteiger partial charge in [0.25, 0.3) is 10.0 Å². The van der Waals surface area contributed by atoms with Gasteiger partial charge in [-0.15, -0.1) is 0 Å². The maximum absolute atomic E-state index is 12.9. The Labute approximate surface area is 142 Å². The summed E-state index contributed by atoms with van der Waals surface area (Å²) in [5.41, 5.74) is -0.0867. The van der Waals surface area contributed by atoms with Gasteiger partial charge in [-0.1, -0.05) is 0 Å². The molecule has 1 aliphatic carbocycles. The number of carbonyl (C=O) groups is 1. The minimum absolute atomic E-state index is 0.0867. The molecule has 7 nitrogen and oxygen atoms in total. The molecule has 0 unspecified atom stereocenters. The molecule has 3 fully saturated rings. The SMILES string of the molecule is Cn1cnc(S(=O)(=O)N2CCC[C@]3(CCC(=O)N(C4CC4)C3)C2)c1. The maximum Gasteiger partial charge on any atom is 0.262 e. The zero-order chi connectivity index (χ0) is 16.9. The van der Waals surface area contributed by atoms with E-state index in [1.165, 1.54) is 6.33 Å². The zero-order valence-electron chi connectivity index (χ0n) is 14.0. The van der Waals surface area contributed by atoms with Crippen molar-refractivity contribution in [2.75, 3.05) is 19.6 Å². The molecule has 1 spiro atoms. The average Bonchev–Trinajstić information content (AvgIpc) is 3.31. The van der Waals surface area contributed by atoms with Gasteiger partial charge in [0, 0.05) is 50.8 Å². The van der Waals surface area contributed by atoms with Crippen molar-refractivity contribution in [3.05, 3.63) is 12.5 Å². The lowest BCUT2D eigenvalue weighted by Crippen LogP contribution is -2.55. The van der Waals surface area contributed by atoms with E-state index in [9.17, 15) is 13.2 Å². The summed E-state index contributed by atoms with van der Waals surface area (Å²) in [6, 6.07) is 0.400. The number of amides is 1. The number of piperidine rings is 2. The minimum atomic E-state index is -3.55. The van der Waals surface area contributed by atoms with Crippen molar-refractivity contribution in [3.8, 4) is 0 Å². The van der Waals surface area contributed by atoms with Crippen LogP contribution in [0.5, 0.6) is 0 Å². The van der Waals surface area contributed by atoms with Crippen LogP contribution in [0.2, 0.25) is 0 Å². The summed E-state index contributed by atoms with van der Waals surface area (Å²) in [6.07, 6.45) is 8.45. The van der Waals surface area contributed by atoms with Crippen molar-refractivity contribution in [3.63, 3.8) is 0 Å². The Kier molecular flexibility index (Phi) is 3.72. The molecular formula is C16H24N4O3S. The number of likely N-dealkylation sites (tertiary alicyclic amines) is 1. The van der Waals surface area contributed by atoms with Crippen LogP contribution in [0.3, 0.4) is 0 Å². The van der Waals surface area contributed by atoms with Crippen molar-refractivity contribution < 1.29 is 13.2 Å². The van der Waals surface area contributed by atoms with E-state index in [0.29, 0.717) is 32.1 Å². The molecule has 0 aromatic carbocycles. The smallest absolute Gasteiger partial charge is 0.262 e. The summed E-state index contributed by atoms with van der Waals surface area (Å²) < 4.78 is 29.0. The Morgan fingerprint density at radius 2 is 2.04 bits per heavy atom. The maximum atomic E-state index is 12.9. The molecule has 2 aliphatic heterocycles. The van der Waals surface area contributed by atoms with E-state index in [2.05, 4.69) is 4.98 Å². The Morgan fingerprint density at radius 3 is 2.71 bits per heavy atom. The Hall–Kier alpha value is -1.41. The van der Waals surface area contributed by atoms with Crippen LogP contribution in [0.25, 0.3) is 0 Å². The van der Waals surface area contributed by atoms with Crippen molar-refractivity contribution in [2.24, 2.45) is 12.5 Å². The summed E-state index contributed by atoms with van der Waals surface area (Å²) in [6.45, 7) is 1.76. The number of nitrogens with zero attached hydrogens (tertiary/aromatic N) is 4. The number of sulfonamides is 1. The molecule has 1 saturated carbocycles. The van der Waals surface area contributed by atoms with Gasteiger partial charge in [-0.3, -0.25) is 4.79 Å². The summed E-state index contributed by atoms with van der Waals surface area (Å²) in [5, 5.41) is 0.119. The van der Waals surface area contributed by atoms with Gasteiger partial charge < -0.3 is 9.47 Å². The molecule has 1 aromatic rings. The molecule has 1 atom stereocenters. The second-order valence-corrected chi connectivity index (χ2v) is 9.46. The monoisotopic (exact) mass is 352 g/mol. The first-order valence-corrected chi connectivity index (χ1v) is 10.1. The topological polar surface area (TPSA) is 75.5 Å². The van der Waals surface area contributed by atoms with E-state index in [1.807, 2.05) is 4.90 Å². The van der Waals surface area contributed by atoms with E-state index in [0.717, 1.165) is 32.1 Å². The zero-order valence-corrected chi connectivity index (χ0v) is 14.8. The lowest BCUT2D eigenvalue weighted by molar-refractivity contribution is -0.139. The molecule has 2 saturated heterocycles. The lowest BCUT2D eigenvalue weighted by atomic mass is 9.74. The van der Waals surface area contributed by atoms with Gasteiger partial charge in [0.1, 0.15) is 0 Å². The summed E-state index contributed by atoms with van der Waals surface area (Å²) in [4.78, 5) is 18.2. The fourth-order valence-electron chi connectivity index (χ4n) is 4.12. The van der Waals surface area contributed by atoms with E-state index in [-0.39, 0.29) is 16.3 Å². The van der Waals surface area contributed by atoms with Gasteiger partial charge in [0.05, 0.1) is 6.33 Å². The largest absolute Gasteiger partial charge is 0.339 e. The van der Waals surface area contributed by atoms with Crippen molar-refractivity contribution >= 4 is 15.9 Å². The highest BCUT2D eigenvalue weighted by Crippen LogP contribution is 2.43. The Bertz CT molecular complexity index is 755. The number of imidazole rings is 1. The van der Waals surface area contributed by atoms with Gasteiger partial charge in [0.15, 0.2) is 5.03 Å². The first kappa shape index (κ1) is 16.1. The van der Waals surface area contributed by atoms with E-state index in [4.69, 9.17) is 0 Å². The van der Waals surface area contributed by atoms with Crippen LogP contribution in [0, 0.1) is 5.41 Å².